The zero-order valence-corrected chi connectivity index (χ0v) is 13.1. The van der Waals surface area contributed by atoms with Crippen LogP contribution in [0.3, 0.4) is 0 Å². The summed E-state index contributed by atoms with van der Waals surface area (Å²) in [6.07, 6.45) is 6.57. The van der Waals surface area contributed by atoms with Crippen molar-refractivity contribution in [1.82, 2.24) is 4.72 Å². The third kappa shape index (κ3) is 5.93. The number of rotatable bonds is 6. The molecule has 1 aromatic rings. The van der Waals surface area contributed by atoms with Crippen molar-refractivity contribution in [1.29, 1.82) is 0 Å². The summed E-state index contributed by atoms with van der Waals surface area (Å²) in [4.78, 5) is 11.7. The highest BCUT2D eigenvalue weighted by molar-refractivity contribution is 7.89. The highest BCUT2D eigenvalue weighted by Gasteiger charge is 2.14. The molecule has 0 aromatic heterocycles. The van der Waals surface area contributed by atoms with Crippen molar-refractivity contribution in [3.05, 3.63) is 48.6 Å². The second-order valence-corrected chi connectivity index (χ2v) is 6.39. The summed E-state index contributed by atoms with van der Waals surface area (Å²) in [5, 5.41) is 2.65. The van der Waals surface area contributed by atoms with E-state index >= 15 is 0 Å². The number of carbonyl (C=O) groups is 1. The highest BCUT2D eigenvalue weighted by atomic mass is 32.2. The molecule has 1 rings (SSSR count). The van der Waals surface area contributed by atoms with Gasteiger partial charge in [-0.05, 0) is 45.0 Å². The number of sulfonamides is 1. The minimum atomic E-state index is -3.51. The number of amides is 1. The van der Waals surface area contributed by atoms with Gasteiger partial charge in [-0.1, -0.05) is 18.2 Å². The largest absolute Gasteiger partial charge is 0.323 e. The van der Waals surface area contributed by atoms with Crippen molar-refractivity contribution in [2.45, 2.75) is 31.7 Å². The van der Waals surface area contributed by atoms with E-state index < -0.39 is 10.0 Å². The van der Waals surface area contributed by atoms with Gasteiger partial charge in [0.1, 0.15) is 0 Å². The highest BCUT2D eigenvalue weighted by Crippen LogP contribution is 2.14. The summed E-state index contributed by atoms with van der Waals surface area (Å²) in [5.74, 6) is -0.274. The van der Waals surface area contributed by atoms with Crippen molar-refractivity contribution in [2.24, 2.45) is 0 Å². The van der Waals surface area contributed by atoms with Gasteiger partial charge in [-0.3, -0.25) is 4.79 Å². The molecule has 0 bridgehead atoms. The molecule has 2 N–H and O–H groups in total. The molecule has 0 fully saturated rings. The molecule has 1 amide bonds. The molecule has 0 heterocycles. The molecule has 0 aliphatic rings. The van der Waals surface area contributed by atoms with Crippen LogP contribution in [0.25, 0.3) is 0 Å². The van der Waals surface area contributed by atoms with Gasteiger partial charge in [0.15, 0.2) is 0 Å². The van der Waals surface area contributed by atoms with Crippen LogP contribution in [0.4, 0.5) is 5.69 Å². The molecule has 0 radical (unpaired) electrons. The monoisotopic (exact) mass is 308 g/mol. The zero-order chi connectivity index (χ0) is 15.9. The van der Waals surface area contributed by atoms with Gasteiger partial charge in [-0.2, -0.15) is 0 Å². The minimum absolute atomic E-state index is 0.165. The van der Waals surface area contributed by atoms with Crippen molar-refractivity contribution in [3.8, 4) is 0 Å². The number of anilines is 1. The fourth-order valence-corrected chi connectivity index (χ4v) is 2.78. The van der Waals surface area contributed by atoms with Gasteiger partial charge in [-0.15, -0.1) is 0 Å². The minimum Gasteiger partial charge on any atom is -0.323 e. The molecule has 0 unspecified atom stereocenters. The number of nitrogens with one attached hydrogen (secondary N) is 2. The molecular formula is C15H20N2O3S. The predicted octanol–water partition coefficient (Wildman–Crippen LogP) is 2.44. The first-order chi connectivity index (χ1) is 9.85. The Morgan fingerprint density at radius 2 is 1.76 bits per heavy atom. The van der Waals surface area contributed by atoms with Crippen molar-refractivity contribution < 1.29 is 13.2 Å². The van der Waals surface area contributed by atoms with E-state index in [0.29, 0.717) is 5.69 Å². The maximum absolute atomic E-state index is 11.9. The Balaban J connectivity index is 2.77. The van der Waals surface area contributed by atoms with E-state index in [2.05, 4.69) is 10.0 Å². The maximum Gasteiger partial charge on any atom is 0.248 e. The normalized spacial score (nSPS) is 12.4. The number of hydrogen-bond donors (Lipinski definition) is 2. The van der Waals surface area contributed by atoms with E-state index in [1.165, 1.54) is 18.2 Å². The first kappa shape index (κ1) is 17.1. The first-order valence-electron chi connectivity index (χ1n) is 6.58. The second kappa shape index (κ2) is 7.75. The summed E-state index contributed by atoms with van der Waals surface area (Å²) < 4.78 is 26.4. The van der Waals surface area contributed by atoms with Crippen LogP contribution in [0.5, 0.6) is 0 Å². The van der Waals surface area contributed by atoms with Gasteiger partial charge in [0.05, 0.1) is 4.90 Å². The number of carbonyl (C=O) groups excluding carboxylic acids is 1. The lowest BCUT2D eigenvalue weighted by Crippen LogP contribution is -2.30. The standard InChI is InChI=1S/C15H20N2O3S/c1-4-5-6-7-15(18)16-13-8-10-14(11-9-13)21(19,20)17-12(2)3/h4-12,17H,1-3H3,(H,16,18)/b5-4+,7-6+. The molecule has 0 saturated heterocycles. The number of allylic oxidation sites excluding steroid dienone is 3. The zero-order valence-electron chi connectivity index (χ0n) is 12.3. The Kier molecular flexibility index (Phi) is 6.33. The van der Waals surface area contributed by atoms with Gasteiger partial charge < -0.3 is 5.32 Å². The molecule has 0 atom stereocenters. The van der Waals surface area contributed by atoms with E-state index in [9.17, 15) is 13.2 Å². The van der Waals surface area contributed by atoms with E-state index in [1.54, 1.807) is 38.1 Å². The fraction of sp³-hybridized carbons (Fsp3) is 0.267. The molecule has 5 nitrogen and oxygen atoms in total. The van der Waals surface area contributed by atoms with Crippen molar-refractivity contribution in [2.75, 3.05) is 5.32 Å². The molecule has 0 aliphatic carbocycles. The SMILES string of the molecule is C/C=C/C=C/C(=O)Nc1ccc(S(=O)(=O)NC(C)C)cc1. The topological polar surface area (TPSA) is 75.3 Å². The van der Waals surface area contributed by atoms with Crippen molar-refractivity contribution in [3.63, 3.8) is 0 Å². The molecule has 0 spiro atoms. The van der Waals surface area contributed by atoms with E-state index in [4.69, 9.17) is 0 Å². The van der Waals surface area contributed by atoms with E-state index in [0.717, 1.165) is 0 Å². The lowest BCUT2D eigenvalue weighted by Gasteiger charge is -2.10. The Labute approximate surface area is 125 Å². The predicted molar refractivity (Wildman–Crippen MR) is 84.5 cm³/mol. The van der Waals surface area contributed by atoms with Gasteiger partial charge in [-0.25, -0.2) is 13.1 Å². The number of hydrogen-bond acceptors (Lipinski definition) is 3. The Morgan fingerprint density at radius 1 is 1.14 bits per heavy atom. The molecular weight excluding hydrogens is 288 g/mol. The van der Waals surface area contributed by atoms with Crippen LogP contribution < -0.4 is 10.0 Å². The summed E-state index contributed by atoms with van der Waals surface area (Å²) in [7, 11) is -3.51. The van der Waals surface area contributed by atoms with E-state index in [1.807, 2.05) is 13.0 Å². The Morgan fingerprint density at radius 3 is 2.29 bits per heavy atom. The van der Waals surface area contributed by atoms with Crippen LogP contribution in [0.15, 0.2) is 53.5 Å². The molecule has 0 saturated carbocycles. The molecule has 0 aliphatic heterocycles. The first-order valence-corrected chi connectivity index (χ1v) is 8.06. The van der Waals surface area contributed by atoms with Crippen LogP contribution in [-0.4, -0.2) is 20.4 Å². The maximum atomic E-state index is 11.9. The average Bonchev–Trinajstić information content (AvgIpc) is 2.38. The van der Waals surface area contributed by atoms with E-state index in [-0.39, 0.29) is 16.8 Å². The van der Waals surface area contributed by atoms with Gasteiger partial charge in [0, 0.05) is 17.8 Å². The van der Waals surface area contributed by atoms with Gasteiger partial charge in [0.2, 0.25) is 15.9 Å². The Hall–Kier alpha value is -1.92. The molecule has 114 valence electrons. The summed E-state index contributed by atoms with van der Waals surface area (Å²) in [6.45, 7) is 5.36. The summed E-state index contributed by atoms with van der Waals surface area (Å²) in [6, 6.07) is 5.84. The smallest absolute Gasteiger partial charge is 0.248 e. The summed E-state index contributed by atoms with van der Waals surface area (Å²) >= 11 is 0. The fourth-order valence-electron chi connectivity index (χ4n) is 1.53. The van der Waals surface area contributed by atoms with Crippen LogP contribution in [0.2, 0.25) is 0 Å². The van der Waals surface area contributed by atoms with Crippen molar-refractivity contribution >= 4 is 21.6 Å². The third-order valence-electron chi connectivity index (χ3n) is 2.37. The summed E-state index contributed by atoms with van der Waals surface area (Å²) in [5.41, 5.74) is 0.536. The second-order valence-electron chi connectivity index (χ2n) is 4.67. The van der Waals surface area contributed by atoms with Crippen LogP contribution in [-0.2, 0) is 14.8 Å². The molecule has 6 heteroatoms. The van der Waals surface area contributed by atoms with Crippen LogP contribution in [0.1, 0.15) is 20.8 Å². The van der Waals surface area contributed by atoms with Crippen LogP contribution >= 0.6 is 0 Å². The third-order valence-corrected chi connectivity index (χ3v) is 4.05. The average molecular weight is 308 g/mol. The Bertz CT molecular complexity index is 629. The quantitative estimate of drug-likeness (QED) is 0.626. The number of benzene rings is 1. The van der Waals surface area contributed by atoms with Gasteiger partial charge in [0.25, 0.3) is 0 Å². The molecule has 21 heavy (non-hydrogen) atoms. The lowest BCUT2D eigenvalue weighted by molar-refractivity contribution is -0.111. The lowest BCUT2D eigenvalue weighted by atomic mass is 10.3. The molecule has 1 aromatic carbocycles. The van der Waals surface area contributed by atoms with Crippen LogP contribution in [0, 0.1) is 0 Å². The van der Waals surface area contributed by atoms with Gasteiger partial charge >= 0.3 is 0 Å².